The van der Waals surface area contributed by atoms with Gasteiger partial charge in [0.05, 0.1) is 45.7 Å². The van der Waals surface area contributed by atoms with E-state index < -0.39 is 12.0 Å². The maximum absolute atomic E-state index is 14.1. The first-order chi connectivity index (χ1) is 22.2. The standard InChI is InChI=1S/C34H32IN3O7S/c1-5-43-24-14-12-22(13-15-24)30-29(32(40)37-23-10-8-7-9-11-23)20(3)36-34-38(30)33(41)27(46-34)18-21-16-25(35)31(26(17-21)42-4)45-19-28(39)44-6-2/h7-18,30H,5-6,19H2,1-4H3,(H,37,40)/b27-18-/t30-/m0/s1. The van der Waals surface area contributed by atoms with Crippen molar-refractivity contribution in [3.8, 4) is 17.2 Å². The maximum atomic E-state index is 14.1. The van der Waals surface area contributed by atoms with Crippen LogP contribution in [0.25, 0.3) is 6.08 Å². The molecule has 0 unspecified atom stereocenters. The Morgan fingerprint density at radius 3 is 2.46 bits per heavy atom. The number of allylic oxidation sites excluding steroid dienone is 1. The summed E-state index contributed by atoms with van der Waals surface area (Å²) in [5.41, 5.74) is 2.64. The molecule has 0 spiro atoms. The van der Waals surface area contributed by atoms with Gasteiger partial charge in [-0.25, -0.2) is 9.79 Å². The second kappa shape index (κ2) is 14.8. The van der Waals surface area contributed by atoms with Crippen molar-refractivity contribution in [1.29, 1.82) is 0 Å². The van der Waals surface area contributed by atoms with Crippen LogP contribution in [0.4, 0.5) is 5.69 Å². The van der Waals surface area contributed by atoms with Crippen LogP contribution in [-0.2, 0) is 14.3 Å². The summed E-state index contributed by atoms with van der Waals surface area (Å²) in [5.74, 6) is 0.652. The number of methoxy groups -OCH3 is 1. The van der Waals surface area contributed by atoms with Gasteiger partial charge in [0, 0.05) is 5.69 Å². The second-order valence-corrected chi connectivity index (χ2v) is 12.2. The van der Waals surface area contributed by atoms with Gasteiger partial charge in [0.25, 0.3) is 11.5 Å². The van der Waals surface area contributed by atoms with E-state index in [0.717, 1.165) is 5.56 Å². The maximum Gasteiger partial charge on any atom is 0.344 e. The molecule has 46 heavy (non-hydrogen) atoms. The third-order valence-electron chi connectivity index (χ3n) is 6.99. The van der Waals surface area contributed by atoms with Gasteiger partial charge in [-0.15, -0.1) is 0 Å². The average molecular weight is 754 g/mol. The molecule has 12 heteroatoms. The Balaban J connectivity index is 1.59. The summed E-state index contributed by atoms with van der Waals surface area (Å²) in [6, 6.07) is 19.4. The van der Waals surface area contributed by atoms with Crippen LogP contribution >= 0.6 is 33.9 Å². The number of carbonyl (C=O) groups is 2. The molecule has 1 atom stereocenters. The van der Waals surface area contributed by atoms with Crippen molar-refractivity contribution in [2.24, 2.45) is 4.99 Å². The van der Waals surface area contributed by atoms with E-state index in [2.05, 4.69) is 27.9 Å². The Morgan fingerprint density at radius 1 is 1.04 bits per heavy atom. The summed E-state index contributed by atoms with van der Waals surface area (Å²) in [6.45, 7) is 5.92. The third kappa shape index (κ3) is 7.18. The van der Waals surface area contributed by atoms with Crippen LogP contribution in [0, 0.1) is 3.57 Å². The lowest BCUT2D eigenvalue weighted by molar-refractivity contribution is -0.145. The number of thiazole rings is 1. The van der Waals surface area contributed by atoms with Crippen LogP contribution in [-0.4, -0.2) is 43.4 Å². The molecule has 0 aliphatic carbocycles. The molecule has 2 heterocycles. The molecule has 1 aliphatic heterocycles. The first-order valence-electron chi connectivity index (χ1n) is 14.5. The van der Waals surface area contributed by atoms with Crippen LogP contribution in [0.5, 0.6) is 17.2 Å². The van der Waals surface area contributed by atoms with E-state index in [1.807, 2.05) is 55.5 Å². The van der Waals surface area contributed by atoms with Crippen LogP contribution in [0.15, 0.2) is 87.8 Å². The smallest absolute Gasteiger partial charge is 0.344 e. The number of nitrogens with one attached hydrogen (secondary N) is 1. The van der Waals surface area contributed by atoms with E-state index in [4.69, 9.17) is 23.9 Å². The highest BCUT2D eigenvalue weighted by Gasteiger charge is 2.32. The predicted octanol–water partition coefficient (Wildman–Crippen LogP) is 4.83. The summed E-state index contributed by atoms with van der Waals surface area (Å²) in [7, 11) is 1.50. The van der Waals surface area contributed by atoms with Crippen LogP contribution in [0.3, 0.4) is 0 Å². The number of fused-ring (bicyclic) bond motifs is 1. The number of carbonyl (C=O) groups excluding carboxylic acids is 2. The number of esters is 1. The molecule has 0 fully saturated rings. The molecule has 1 aromatic heterocycles. The Labute approximate surface area is 283 Å². The molecule has 0 radical (unpaired) electrons. The molecule has 0 saturated carbocycles. The van der Waals surface area contributed by atoms with Gasteiger partial charge in [0.1, 0.15) is 5.75 Å². The minimum absolute atomic E-state index is 0.255. The fraction of sp³-hybridized carbons (Fsp3) is 0.235. The summed E-state index contributed by atoms with van der Waals surface area (Å²) in [6.07, 6.45) is 1.75. The number of amides is 1. The fourth-order valence-electron chi connectivity index (χ4n) is 5.01. The van der Waals surface area contributed by atoms with Crippen molar-refractivity contribution in [3.63, 3.8) is 0 Å². The molecule has 10 nitrogen and oxygen atoms in total. The number of benzene rings is 3. The molecular weight excluding hydrogens is 721 g/mol. The minimum Gasteiger partial charge on any atom is -0.494 e. The molecule has 4 aromatic rings. The van der Waals surface area contributed by atoms with Gasteiger partial charge in [-0.05, 0) is 97.0 Å². The van der Waals surface area contributed by atoms with Gasteiger partial charge in [0.2, 0.25) is 0 Å². The summed E-state index contributed by atoms with van der Waals surface area (Å²) < 4.78 is 24.5. The van der Waals surface area contributed by atoms with Crippen LogP contribution in [0.2, 0.25) is 0 Å². The van der Waals surface area contributed by atoms with Gasteiger partial charge < -0.3 is 24.3 Å². The second-order valence-electron chi connectivity index (χ2n) is 10.0. The summed E-state index contributed by atoms with van der Waals surface area (Å²) in [4.78, 5) is 45.0. The van der Waals surface area contributed by atoms with Gasteiger partial charge in [0.15, 0.2) is 22.9 Å². The van der Waals surface area contributed by atoms with E-state index in [-0.39, 0.29) is 24.7 Å². The predicted molar refractivity (Wildman–Crippen MR) is 184 cm³/mol. The van der Waals surface area contributed by atoms with Crippen molar-refractivity contribution in [3.05, 3.63) is 112 Å². The number of anilines is 1. The van der Waals surface area contributed by atoms with E-state index >= 15 is 0 Å². The fourth-order valence-corrected chi connectivity index (χ4v) is 6.84. The SMILES string of the molecule is CCOC(=O)COc1c(I)cc(/C=c2\sc3n(c2=O)[C@@H](c2ccc(OCC)cc2)C(C(=O)Nc2ccccc2)=C(C)N=3)cc1OC. The number of ether oxygens (including phenoxy) is 4. The van der Waals surface area contributed by atoms with E-state index in [1.165, 1.54) is 18.4 Å². The Morgan fingerprint density at radius 2 is 1.78 bits per heavy atom. The number of hydrogen-bond acceptors (Lipinski definition) is 9. The van der Waals surface area contributed by atoms with E-state index in [9.17, 15) is 14.4 Å². The zero-order valence-corrected chi connectivity index (χ0v) is 28.6. The number of aromatic nitrogens is 1. The van der Waals surface area contributed by atoms with Crippen molar-refractivity contribution >= 4 is 57.6 Å². The average Bonchev–Trinajstić information content (AvgIpc) is 3.34. The highest BCUT2D eigenvalue weighted by atomic mass is 127. The number of nitrogens with zero attached hydrogens (tertiary/aromatic N) is 2. The normalized spacial score (nSPS) is 14.3. The van der Waals surface area contributed by atoms with Crippen LogP contribution < -0.4 is 34.4 Å². The molecule has 238 valence electrons. The molecule has 1 N–H and O–H groups in total. The molecule has 3 aromatic carbocycles. The largest absolute Gasteiger partial charge is 0.494 e. The lowest BCUT2D eigenvalue weighted by atomic mass is 9.95. The van der Waals surface area contributed by atoms with Crippen molar-refractivity contribution in [1.82, 2.24) is 4.57 Å². The molecule has 0 bridgehead atoms. The highest BCUT2D eigenvalue weighted by molar-refractivity contribution is 14.1. The number of hydrogen-bond donors (Lipinski definition) is 1. The van der Waals surface area contributed by atoms with E-state index in [0.29, 0.717) is 59.3 Å². The minimum atomic E-state index is -0.730. The summed E-state index contributed by atoms with van der Waals surface area (Å²) in [5, 5.41) is 2.96. The first kappa shape index (κ1) is 32.9. The van der Waals surface area contributed by atoms with Gasteiger partial charge in [-0.2, -0.15) is 0 Å². The Kier molecular flexibility index (Phi) is 10.6. The molecule has 0 saturated heterocycles. The van der Waals surface area contributed by atoms with Gasteiger partial charge in [-0.1, -0.05) is 41.7 Å². The van der Waals surface area contributed by atoms with Gasteiger partial charge >= 0.3 is 5.97 Å². The zero-order valence-electron chi connectivity index (χ0n) is 25.7. The monoisotopic (exact) mass is 753 g/mol. The lowest BCUT2D eigenvalue weighted by Gasteiger charge is -2.25. The lowest BCUT2D eigenvalue weighted by Crippen LogP contribution is -2.40. The molecule has 1 amide bonds. The topological polar surface area (TPSA) is 117 Å². The number of rotatable bonds is 11. The van der Waals surface area contributed by atoms with Crippen molar-refractivity contribution in [2.45, 2.75) is 26.8 Å². The van der Waals surface area contributed by atoms with E-state index in [1.54, 1.807) is 42.7 Å². The number of halogens is 1. The Bertz CT molecular complexity index is 1970. The first-order valence-corrected chi connectivity index (χ1v) is 16.4. The quantitative estimate of drug-likeness (QED) is 0.172. The Hall–Kier alpha value is -4.43. The summed E-state index contributed by atoms with van der Waals surface area (Å²) >= 11 is 3.33. The third-order valence-corrected chi connectivity index (χ3v) is 8.78. The van der Waals surface area contributed by atoms with Gasteiger partial charge in [-0.3, -0.25) is 14.2 Å². The highest BCUT2D eigenvalue weighted by Crippen LogP contribution is 2.35. The van der Waals surface area contributed by atoms with Crippen LogP contribution in [0.1, 0.15) is 37.9 Å². The molecular formula is C34H32IN3O7S. The van der Waals surface area contributed by atoms with Crippen molar-refractivity contribution in [2.75, 3.05) is 32.2 Å². The zero-order chi connectivity index (χ0) is 32.8. The molecule has 5 rings (SSSR count). The van der Waals surface area contributed by atoms with Crippen molar-refractivity contribution < 1.29 is 28.5 Å². The molecule has 1 aliphatic rings. The number of para-hydroxylation sites is 1.